The van der Waals surface area contributed by atoms with Crippen molar-refractivity contribution >= 4 is 5.97 Å². The molecule has 4 saturated carbocycles. The van der Waals surface area contributed by atoms with Crippen LogP contribution in [0.25, 0.3) is 0 Å². The average Bonchev–Trinajstić information content (AvgIpc) is 3.08. The first kappa shape index (κ1) is 24.9. The summed E-state index contributed by atoms with van der Waals surface area (Å²) >= 11 is 0. The van der Waals surface area contributed by atoms with Crippen LogP contribution >= 0.6 is 0 Å². The van der Waals surface area contributed by atoms with E-state index in [-0.39, 0.29) is 17.3 Å². The van der Waals surface area contributed by atoms with E-state index in [1.54, 1.807) is 0 Å². The largest absolute Gasteiger partial charge is 0.481 e. The van der Waals surface area contributed by atoms with Gasteiger partial charge in [0.15, 0.2) is 0 Å². The third kappa shape index (κ3) is 3.08. The Morgan fingerprint density at radius 2 is 1.62 bits per heavy atom. The number of allylic oxidation sites excluding steroid dienone is 1. The molecule has 0 radical (unpaired) electrons. The van der Waals surface area contributed by atoms with Crippen molar-refractivity contribution in [3.8, 4) is 0 Å². The average molecular weight is 469 g/mol. The molecule has 4 fully saturated rings. The fourth-order valence-corrected chi connectivity index (χ4v) is 11.8. The van der Waals surface area contributed by atoms with E-state index in [9.17, 15) is 9.90 Å². The van der Waals surface area contributed by atoms with Gasteiger partial charge in [-0.25, -0.2) is 0 Å². The fourth-order valence-electron chi connectivity index (χ4n) is 11.8. The molecule has 0 spiro atoms. The van der Waals surface area contributed by atoms with E-state index in [2.05, 4.69) is 61.5 Å². The van der Waals surface area contributed by atoms with Crippen LogP contribution in [0.2, 0.25) is 0 Å². The summed E-state index contributed by atoms with van der Waals surface area (Å²) in [7, 11) is 0. The van der Waals surface area contributed by atoms with Crippen LogP contribution in [0.15, 0.2) is 11.6 Å². The summed E-state index contributed by atoms with van der Waals surface area (Å²) in [6.07, 6.45) is 14.6. The van der Waals surface area contributed by atoms with Crippen molar-refractivity contribution in [1.82, 2.24) is 0 Å². The molecule has 0 heterocycles. The third-order valence-electron chi connectivity index (χ3n) is 13.7. The second-order valence-corrected chi connectivity index (χ2v) is 15.6. The van der Waals surface area contributed by atoms with Gasteiger partial charge in [-0.05, 0) is 120 Å². The number of fused-ring (bicyclic) bond motifs is 7. The first-order valence-electron chi connectivity index (χ1n) is 14.6. The lowest BCUT2D eigenvalue weighted by atomic mass is 9.32. The van der Waals surface area contributed by atoms with Gasteiger partial charge in [-0.1, -0.05) is 67.0 Å². The predicted molar refractivity (Wildman–Crippen MR) is 140 cm³/mol. The van der Waals surface area contributed by atoms with Crippen molar-refractivity contribution < 1.29 is 9.90 Å². The minimum absolute atomic E-state index is 0.0228. The molecule has 34 heavy (non-hydrogen) atoms. The Kier molecular flexibility index (Phi) is 5.57. The van der Waals surface area contributed by atoms with E-state index < -0.39 is 5.97 Å². The number of hydrogen-bond donors (Lipinski definition) is 1. The number of carboxylic acids is 1. The second-order valence-electron chi connectivity index (χ2n) is 15.6. The lowest BCUT2D eigenvalue weighted by Crippen LogP contribution is -2.65. The van der Waals surface area contributed by atoms with Gasteiger partial charge in [0.25, 0.3) is 0 Å². The van der Waals surface area contributed by atoms with Crippen LogP contribution in [0, 0.1) is 62.6 Å². The topological polar surface area (TPSA) is 37.3 Å². The monoisotopic (exact) mass is 468 g/mol. The summed E-state index contributed by atoms with van der Waals surface area (Å²) < 4.78 is 0. The Morgan fingerprint density at radius 3 is 2.26 bits per heavy atom. The number of aliphatic carboxylic acids is 1. The minimum Gasteiger partial charge on any atom is -0.481 e. The molecule has 5 aliphatic rings. The Bertz CT molecular complexity index is 883. The van der Waals surface area contributed by atoms with Crippen LogP contribution in [-0.2, 0) is 4.79 Å². The molecule has 0 aromatic carbocycles. The number of carboxylic acid groups (broad SMARTS) is 1. The zero-order valence-electron chi connectivity index (χ0n) is 23.5. The van der Waals surface area contributed by atoms with E-state index in [4.69, 9.17) is 0 Å². The van der Waals surface area contributed by atoms with Crippen molar-refractivity contribution in [3.05, 3.63) is 11.6 Å². The fraction of sp³-hybridized carbons (Fsp3) is 0.906. The van der Waals surface area contributed by atoms with Gasteiger partial charge < -0.3 is 5.11 Å². The molecule has 0 unspecified atom stereocenters. The van der Waals surface area contributed by atoms with Crippen LogP contribution in [0.4, 0.5) is 0 Å². The van der Waals surface area contributed by atoms with Crippen molar-refractivity contribution in [2.24, 2.45) is 62.6 Å². The van der Waals surface area contributed by atoms with Gasteiger partial charge in [-0.2, -0.15) is 0 Å². The summed E-state index contributed by atoms with van der Waals surface area (Å²) in [6, 6.07) is 0. The molecule has 0 amide bonds. The molecule has 2 nitrogen and oxygen atoms in total. The Labute approximate surface area is 209 Å². The van der Waals surface area contributed by atoms with Gasteiger partial charge >= 0.3 is 5.97 Å². The normalized spacial score (nSPS) is 51.7. The van der Waals surface area contributed by atoms with E-state index in [0.717, 1.165) is 30.1 Å². The molecule has 1 N–H and O–H groups in total. The molecule has 5 rings (SSSR count). The van der Waals surface area contributed by atoms with Crippen LogP contribution in [0.1, 0.15) is 120 Å². The first-order chi connectivity index (χ1) is 15.7. The predicted octanol–water partition coefficient (Wildman–Crippen LogP) is 8.75. The van der Waals surface area contributed by atoms with Gasteiger partial charge in [0.05, 0.1) is 6.42 Å². The lowest BCUT2D eigenvalue weighted by Gasteiger charge is -2.72. The Hall–Kier alpha value is -0.790. The zero-order valence-corrected chi connectivity index (χ0v) is 23.5. The van der Waals surface area contributed by atoms with Crippen LogP contribution in [-0.4, -0.2) is 11.1 Å². The van der Waals surface area contributed by atoms with Gasteiger partial charge in [-0.3, -0.25) is 4.79 Å². The molecule has 9 atom stereocenters. The number of carbonyl (C=O) groups is 1. The maximum absolute atomic E-state index is 12.0. The summed E-state index contributed by atoms with van der Waals surface area (Å²) in [6.45, 7) is 20.4. The SMILES string of the molecule is CC(C)[C@@H]1CC[C@]2(C)CC[C@]3(C)[C@H](CC[C@@H]4[C@@]5(C)C(CC(=O)O)=CCC(C)(C)[C@@H]5CC[C@]43C)[C@@H]12. The molecule has 0 aliphatic heterocycles. The molecular weight excluding hydrogens is 416 g/mol. The van der Waals surface area contributed by atoms with Gasteiger partial charge in [0.1, 0.15) is 0 Å². The van der Waals surface area contributed by atoms with E-state index in [0.29, 0.717) is 28.1 Å². The maximum Gasteiger partial charge on any atom is 0.307 e. The van der Waals surface area contributed by atoms with Crippen LogP contribution < -0.4 is 0 Å². The van der Waals surface area contributed by atoms with E-state index >= 15 is 0 Å². The molecule has 0 bridgehead atoms. The molecule has 192 valence electrons. The highest BCUT2D eigenvalue weighted by Crippen LogP contribution is 2.77. The molecule has 2 heteroatoms. The van der Waals surface area contributed by atoms with Crippen molar-refractivity contribution in [2.45, 2.75) is 120 Å². The minimum atomic E-state index is -0.641. The third-order valence-corrected chi connectivity index (χ3v) is 13.7. The number of rotatable bonds is 3. The standard InChI is InChI=1S/C32H52O2/c1-20(2)22-12-15-29(5)17-18-30(6)23(27(22)29)9-10-25-31(30,7)16-13-24-28(3,4)14-11-21(19-26(33)34)32(24,25)8/h11,20,22-25,27H,9-10,12-19H2,1-8H3,(H,33,34)/t22-,23+,24-,25-,27+,29+,30+,31+,32-/m0/s1. The van der Waals surface area contributed by atoms with E-state index in [1.165, 1.54) is 56.9 Å². The zero-order chi connectivity index (χ0) is 24.9. The van der Waals surface area contributed by atoms with Crippen LogP contribution in [0.5, 0.6) is 0 Å². The van der Waals surface area contributed by atoms with Crippen molar-refractivity contribution in [1.29, 1.82) is 0 Å². The van der Waals surface area contributed by atoms with Crippen LogP contribution in [0.3, 0.4) is 0 Å². The quantitative estimate of drug-likeness (QED) is 0.420. The van der Waals surface area contributed by atoms with Crippen molar-refractivity contribution in [3.63, 3.8) is 0 Å². The maximum atomic E-state index is 12.0. The lowest BCUT2D eigenvalue weighted by molar-refractivity contribution is -0.222. The highest BCUT2D eigenvalue weighted by molar-refractivity contribution is 5.70. The van der Waals surface area contributed by atoms with Gasteiger partial charge in [-0.15, -0.1) is 0 Å². The Morgan fingerprint density at radius 1 is 0.912 bits per heavy atom. The summed E-state index contributed by atoms with van der Waals surface area (Å²) in [5.41, 5.74) is 2.78. The summed E-state index contributed by atoms with van der Waals surface area (Å²) in [5.74, 6) is 3.96. The second kappa shape index (κ2) is 7.61. The Balaban J connectivity index is 1.59. The summed E-state index contributed by atoms with van der Waals surface area (Å²) in [4.78, 5) is 12.0. The van der Waals surface area contributed by atoms with Crippen molar-refractivity contribution in [2.75, 3.05) is 0 Å². The molecular formula is C32H52O2. The molecule has 5 aliphatic carbocycles. The summed E-state index contributed by atoms with van der Waals surface area (Å²) in [5, 5.41) is 9.87. The van der Waals surface area contributed by atoms with E-state index in [1.807, 2.05) is 0 Å². The molecule has 0 aromatic rings. The smallest absolute Gasteiger partial charge is 0.307 e. The highest BCUT2D eigenvalue weighted by atomic mass is 16.4. The van der Waals surface area contributed by atoms with Gasteiger partial charge in [0.2, 0.25) is 0 Å². The first-order valence-corrected chi connectivity index (χ1v) is 14.6. The highest BCUT2D eigenvalue weighted by Gasteiger charge is 2.70. The molecule has 0 saturated heterocycles. The van der Waals surface area contributed by atoms with Gasteiger partial charge in [0, 0.05) is 0 Å². The molecule has 0 aromatic heterocycles. The number of hydrogen-bond acceptors (Lipinski definition) is 1.